The van der Waals surface area contributed by atoms with Crippen LogP contribution in [0.15, 0.2) is 0 Å². The van der Waals surface area contributed by atoms with Crippen molar-refractivity contribution in [3.63, 3.8) is 0 Å². The molecule has 1 unspecified atom stereocenters. The maximum Gasteiger partial charge on any atom is 0.317 e. The Bertz CT molecular complexity index is 255. The molecule has 84 valence electrons. The van der Waals surface area contributed by atoms with E-state index in [9.17, 15) is 4.79 Å². The van der Waals surface area contributed by atoms with Gasteiger partial charge in [0, 0.05) is 19.1 Å². The van der Waals surface area contributed by atoms with E-state index in [0.717, 1.165) is 12.8 Å². The molecular formula is C11H19N3O. The zero-order valence-corrected chi connectivity index (χ0v) is 9.49. The fraction of sp³-hybridized carbons (Fsp3) is 0.818. The molecule has 1 N–H and O–H groups in total. The number of urea groups is 1. The molecule has 4 heteroatoms. The second kappa shape index (κ2) is 5.59. The van der Waals surface area contributed by atoms with Gasteiger partial charge in [0.05, 0.1) is 12.0 Å². The zero-order valence-electron chi connectivity index (χ0n) is 9.49. The summed E-state index contributed by atoms with van der Waals surface area (Å²) in [5, 5.41) is 11.7. The predicted octanol–water partition coefficient (Wildman–Crippen LogP) is 1.73. The lowest BCUT2D eigenvalue weighted by Gasteiger charge is -2.30. The van der Waals surface area contributed by atoms with Crippen LogP contribution in [0.25, 0.3) is 0 Å². The highest BCUT2D eigenvalue weighted by Gasteiger charge is 2.22. The smallest absolute Gasteiger partial charge is 0.317 e. The minimum absolute atomic E-state index is 0.0238. The lowest BCUT2D eigenvalue weighted by atomic mass is 9.93. The first-order chi connectivity index (χ1) is 7.17. The number of nitriles is 1. The van der Waals surface area contributed by atoms with Gasteiger partial charge in [0.25, 0.3) is 0 Å². The van der Waals surface area contributed by atoms with Crippen molar-refractivity contribution in [2.24, 2.45) is 5.92 Å². The van der Waals surface area contributed by atoms with Crippen molar-refractivity contribution in [2.45, 2.75) is 39.2 Å². The molecule has 0 aromatic carbocycles. The molecule has 0 bridgehead atoms. The van der Waals surface area contributed by atoms with E-state index in [1.165, 1.54) is 6.42 Å². The second-order valence-corrected chi connectivity index (χ2v) is 4.15. The Labute approximate surface area is 91.2 Å². The van der Waals surface area contributed by atoms with E-state index in [2.05, 4.69) is 11.4 Å². The molecule has 15 heavy (non-hydrogen) atoms. The summed E-state index contributed by atoms with van der Waals surface area (Å²) in [7, 11) is 0. The van der Waals surface area contributed by atoms with Gasteiger partial charge in [0.15, 0.2) is 0 Å². The van der Waals surface area contributed by atoms with Crippen LogP contribution in [0, 0.1) is 17.2 Å². The van der Waals surface area contributed by atoms with Gasteiger partial charge in [0.1, 0.15) is 0 Å². The summed E-state index contributed by atoms with van der Waals surface area (Å²) in [4.78, 5) is 13.4. The van der Waals surface area contributed by atoms with Gasteiger partial charge in [-0.2, -0.15) is 5.26 Å². The molecule has 0 aliphatic heterocycles. The number of rotatable bonds is 4. The number of carbonyl (C=O) groups excluding carboxylic acids is 1. The summed E-state index contributed by atoms with van der Waals surface area (Å²) in [6.07, 6.45) is 3.40. The van der Waals surface area contributed by atoms with E-state index in [1.807, 2.05) is 13.8 Å². The Morgan fingerprint density at radius 3 is 2.73 bits per heavy atom. The van der Waals surface area contributed by atoms with Crippen LogP contribution in [0.5, 0.6) is 0 Å². The molecule has 1 fully saturated rings. The topological polar surface area (TPSA) is 56.1 Å². The quantitative estimate of drug-likeness (QED) is 0.766. The van der Waals surface area contributed by atoms with Crippen LogP contribution in [0.1, 0.15) is 33.1 Å². The fourth-order valence-electron chi connectivity index (χ4n) is 1.55. The molecule has 0 radical (unpaired) electrons. The second-order valence-electron chi connectivity index (χ2n) is 4.15. The van der Waals surface area contributed by atoms with Crippen molar-refractivity contribution >= 4 is 6.03 Å². The SMILES string of the molecule is CCN(CC(C)C#N)C(=O)NC1CCC1. The van der Waals surface area contributed by atoms with Gasteiger partial charge in [0.2, 0.25) is 0 Å². The third kappa shape index (κ3) is 3.43. The van der Waals surface area contributed by atoms with Gasteiger partial charge in [-0.25, -0.2) is 4.79 Å². The number of amides is 2. The molecule has 2 amide bonds. The molecular weight excluding hydrogens is 190 g/mol. The average Bonchev–Trinajstić information content (AvgIpc) is 2.19. The molecule has 1 saturated carbocycles. The van der Waals surface area contributed by atoms with Crippen molar-refractivity contribution in [1.29, 1.82) is 5.26 Å². The molecule has 1 atom stereocenters. The van der Waals surface area contributed by atoms with Crippen LogP contribution in [0.4, 0.5) is 4.79 Å². The van der Waals surface area contributed by atoms with E-state index in [-0.39, 0.29) is 11.9 Å². The number of hydrogen-bond acceptors (Lipinski definition) is 2. The van der Waals surface area contributed by atoms with Gasteiger partial charge < -0.3 is 10.2 Å². The van der Waals surface area contributed by atoms with E-state index in [1.54, 1.807) is 4.90 Å². The molecule has 4 nitrogen and oxygen atoms in total. The molecule has 0 aromatic heterocycles. The lowest BCUT2D eigenvalue weighted by molar-refractivity contribution is 0.185. The third-order valence-electron chi connectivity index (χ3n) is 2.82. The largest absolute Gasteiger partial charge is 0.335 e. The summed E-state index contributed by atoms with van der Waals surface area (Å²) >= 11 is 0. The summed E-state index contributed by atoms with van der Waals surface area (Å²) in [6.45, 7) is 4.94. The maximum atomic E-state index is 11.7. The first-order valence-corrected chi connectivity index (χ1v) is 5.62. The van der Waals surface area contributed by atoms with Crippen LogP contribution in [0.2, 0.25) is 0 Å². The highest BCUT2D eigenvalue weighted by atomic mass is 16.2. The minimum Gasteiger partial charge on any atom is -0.335 e. The number of nitrogens with zero attached hydrogens (tertiary/aromatic N) is 2. The number of carbonyl (C=O) groups is 1. The van der Waals surface area contributed by atoms with Crippen molar-refractivity contribution in [3.05, 3.63) is 0 Å². The number of hydrogen-bond donors (Lipinski definition) is 1. The molecule has 1 aliphatic rings. The van der Waals surface area contributed by atoms with Gasteiger partial charge in [-0.05, 0) is 33.1 Å². The van der Waals surface area contributed by atoms with Crippen molar-refractivity contribution in [3.8, 4) is 6.07 Å². The van der Waals surface area contributed by atoms with Gasteiger partial charge in [-0.3, -0.25) is 0 Å². The van der Waals surface area contributed by atoms with E-state index >= 15 is 0 Å². The highest BCUT2D eigenvalue weighted by molar-refractivity contribution is 5.74. The summed E-state index contributed by atoms with van der Waals surface area (Å²) in [6, 6.07) is 2.49. The Kier molecular flexibility index (Phi) is 4.41. The Morgan fingerprint density at radius 1 is 1.67 bits per heavy atom. The Balaban J connectivity index is 2.35. The fourth-order valence-corrected chi connectivity index (χ4v) is 1.55. The summed E-state index contributed by atoms with van der Waals surface area (Å²) in [5.74, 6) is -0.0999. The Hall–Kier alpha value is -1.24. The minimum atomic E-state index is -0.0999. The summed E-state index contributed by atoms with van der Waals surface area (Å²) in [5.41, 5.74) is 0. The summed E-state index contributed by atoms with van der Waals surface area (Å²) < 4.78 is 0. The lowest BCUT2D eigenvalue weighted by Crippen LogP contribution is -2.48. The van der Waals surface area contributed by atoms with Crippen LogP contribution in [0.3, 0.4) is 0 Å². The average molecular weight is 209 g/mol. The van der Waals surface area contributed by atoms with Crippen molar-refractivity contribution < 1.29 is 4.79 Å². The van der Waals surface area contributed by atoms with E-state index in [0.29, 0.717) is 19.1 Å². The first-order valence-electron chi connectivity index (χ1n) is 5.62. The molecule has 1 rings (SSSR count). The third-order valence-corrected chi connectivity index (χ3v) is 2.82. The standard InChI is InChI=1S/C11H19N3O/c1-3-14(8-9(2)7-12)11(15)13-10-5-4-6-10/h9-10H,3-6,8H2,1-2H3,(H,13,15). The van der Waals surface area contributed by atoms with Gasteiger partial charge in [-0.1, -0.05) is 0 Å². The van der Waals surface area contributed by atoms with Crippen LogP contribution >= 0.6 is 0 Å². The van der Waals surface area contributed by atoms with Gasteiger partial charge in [-0.15, -0.1) is 0 Å². The maximum absolute atomic E-state index is 11.7. The predicted molar refractivity (Wildman–Crippen MR) is 58.2 cm³/mol. The van der Waals surface area contributed by atoms with Crippen molar-refractivity contribution in [1.82, 2.24) is 10.2 Å². The highest BCUT2D eigenvalue weighted by Crippen LogP contribution is 2.18. The molecule has 0 spiro atoms. The van der Waals surface area contributed by atoms with Crippen LogP contribution in [-0.2, 0) is 0 Å². The van der Waals surface area contributed by atoms with Crippen LogP contribution in [-0.4, -0.2) is 30.1 Å². The molecule has 0 aromatic rings. The number of nitrogens with one attached hydrogen (secondary N) is 1. The first kappa shape index (κ1) is 11.8. The van der Waals surface area contributed by atoms with E-state index < -0.39 is 0 Å². The van der Waals surface area contributed by atoms with E-state index in [4.69, 9.17) is 5.26 Å². The zero-order chi connectivity index (χ0) is 11.3. The molecule has 1 aliphatic carbocycles. The Morgan fingerprint density at radius 2 is 2.33 bits per heavy atom. The molecule has 0 heterocycles. The monoisotopic (exact) mass is 209 g/mol. The van der Waals surface area contributed by atoms with Crippen LogP contribution < -0.4 is 5.32 Å². The molecule has 0 saturated heterocycles. The van der Waals surface area contributed by atoms with Gasteiger partial charge >= 0.3 is 6.03 Å². The normalized spacial score (nSPS) is 17.4. The van der Waals surface area contributed by atoms with Crippen molar-refractivity contribution in [2.75, 3.05) is 13.1 Å².